The number of hydrogen-bond donors (Lipinski definition) is 0. The average Bonchev–Trinajstić information content (AvgIpc) is 3.62. The van der Waals surface area contributed by atoms with Gasteiger partial charge in [-0.2, -0.15) is 12.1 Å². The van der Waals surface area contributed by atoms with Gasteiger partial charge in [0.05, 0.1) is 0 Å². The Hall–Kier alpha value is -2.80. The van der Waals surface area contributed by atoms with Gasteiger partial charge in [-0.15, -0.1) is 68.6 Å². The van der Waals surface area contributed by atoms with Gasteiger partial charge >= 0.3 is 30.2 Å². The Kier molecular flexibility index (Phi) is 14.2. The van der Waals surface area contributed by atoms with Crippen molar-refractivity contribution >= 4 is 28.4 Å². The number of rotatable bonds is 3. The molecule has 0 unspecified atom stereocenters. The molecule has 6 aromatic carbocycles. The molecule has 0 heterocycles. The van der Waals surface area contributed by atoms with E-state index in [-0.39, 0.29) is 25.7 Å². The third-order valence-electron chi connectivity index (χ3n) is 8.81. The first kappa shape index (κ1) is 40.4. The van der Waals surface area contributed by atoms with Gasteiger partial charge in [0.25, 0.3) is 0 Å². The van der Waals surface area contributed by atoms with Crippen molar-refractivity contribution in [1.29, 1.82) is 0 Å². The van der Waals surface area contributed by atoms with Crippen LogP contribution in [0.5, 0.6) is 0 Å². The molecule has 0 aliphatic rings. The summed E-state index contributed by atoms with van der Waals surface area (Å²) < 4.78 is 0. The maximum atomic E-state index is 3.06. The quantitative estimate of drug-likeness (QED) is 0.126. The van der Waals surface area contributed by atoms with E-state index in [4.69, 9.17) is 0 Å². The van der Waals surface area contributed by atoms with Crippen molar-refractivity contribution in [3.8, 4) is 22.3 Å². The van der Waals surface area contributed by atoms with Crippen LogP contribution in [0.2, 0.25) is 0 Å². The Morgan fingerprint density at radius 3 is 1.55 bits per heavy atom. The van der Waals surface area contributed by atoms with Gasteiger partial charge in [0, 0.05) is 0 Å². The van der Waals surface area contributed by atoms with Gasteiger partial charge in [0.15, 0.2) is 0 Å². The second-order valence-corrected chi connectivity index (χ2v) is 14.7. The fourth-order valence-corrected chi connectivity index (χ4v) is 5.98. The fourth-order valence-electron chi connectivity index (χ4n) is 5.98. The first-order chi connectivity index (χ1) is 21.2. The summed E-state index contributed by atoms with van der Waals surface area (Å²) in [5.41, 5.74) is 12.6. The number of aryl methyl sites for hydroxylation is 2. The minimum absolute atomic E-state index is 0. The van der Waals surface area contributed by atoms with E-state index in [1.54, 1.807) is 0 Å². The summed E-state index contributed by atoms with van der Waals surface area (Å²) >= 11 is 1.36. The van der Waals surface area contributed by atoms with E-state index >= 15 is 0 Å². The van der Waals surface area contributed by atoms with Crippen molar-refractivity contribution in [3.63, 3.8) is 0 Å². The van der Waals surface area contributed by atoms with Gasteiger partial charge in [0.1, 0.15) is 0 Å². The van der Waals surface area contributed by atoms with Gasteiger partial charge in [-0.25, -0.2) is 0 Å². The molecule has 0 nitrogen and oxygen atoms in total. The monoisotopic (exact) mass is 712 g/mol. The predicted molar refractivity (Wildman–Crippen MR) is 209 cm³/mol. The first-order valence-electron chi connectivity index (χ1n) is 16.1. The summed E-state index contributed by atoms with van der Waals surface area (Å²) in [5.74, 6) is 0.573. The second-order valence-electron chi connectivity index (χ2n) is 14.7. The van der Waals surface area contributed by atoms with Crippen molar-refractivity contribution in [2.24, 2.45) is 0 Å². The van der Waals surface area contributed by atoms with E-state index in [9.17, 15) is 0 Å². The SMILES string of the molecule is CC(C)c1cc2c(-c3ccc(C(C)(C)C)cc3)cccc2[cH-]1.Cc1cc2c(-c3ccc(C(C)(C)C)cc3)ccc(C)c2[cH-]1.[CH3-].[CH3-].[Si]=[Zr]. The molecule has 0 spiro atoms. The van der Waals surface area contributed by atoms with Crippen LogP contribution in [0.4, 0.5) is 0 Å². The van der Waals surface area contributed by atoms with E-state index in [1.165, 1.54) is 95.0 Å². The number of fused-ring (bicyclic) bond motifs is 2. The van der Waals surface area contributed by atoms with Gasteiger partial charge in [-0.3, -0.25) is 0 Å². The van der Waals surface area contributed by atoms with Gasteiger partial charge < -0.3 is 14.9 Å². The zero-order valence-electron chi connectivity index (χ0n) is 30.9. The topological polar surface area (TPSA) is 0 Å². The summed E-state index contributed by atoms with van der Waals surface area (Å²) in [5, 5.41) is 5.47. The third kappa shape index (κ3) is 9.43. The van der Waals surface area contributed by atoms with E-state index in [2.05, 4.69) is 179 Å². The van der Waals surface area contributed by atoms with Gasteiger partial charge in [-0.05, 0) is 39.0 Å². The zero-order valence-corrected chi connectivity index (χ0v) is 34.4. The Balaban J connectivity index is 0.000000299. The molecule has 246 valence electrons. The van der Waals surface area contributed by atoms with Crippen molar-refractivity contribution in [2.45, 2.75) is 86.0 Å². The van der Waals surface area contributed by atoms with Crippen molar-refractivity contribution in [2.75, 3.05) is 0 Å². The molecule has 0 saturated heterocycles. The van der Waals surface area contributed by atoms with E-state index in [0.29, 0.717) is 5.92 Å². The van der Waals surface area contributed by atoms with Crippen LogP contribution in [0.3, 0.4) is 0 Å². The van der Waals surface area contributed by atoms with Crippen LogP contribution in [0, 0.1) is 28.7 Å². The molecule has 6 rings (SSSR count). The van der Waals surface area contributed by atoms with Crippen LogP contribution in [-0.2, 0) is 34.2 Å². The van der Waals surface area contributed by atoms with Crippen LogP contribution in [0.25, 0.3) is 43.8 Å². The molecule has 2 radical (unpaired) electrons. The Bertz CT molecular complexity index is 1860. The molecular weight excluding hydrogens is 660 g/mol. The minimum atomic E-state index is 0. The molecule has 6 aromatic rings. The molecule has 0 atom stereocenters. The molecule has 0 aliphatic heterocycles. The van der Waals surface area contributed by atoms with Crippen molar-refractivity contribution < 1.29 is 23.3 Å². The van der Waals surface area contributed by atoms with E-state index in [0.717, 1.165) is 0 Å². The molecular formula is C45H54SiZr-4. The van der Waals surface area contributed by atoms with Crippen LogP contribution in [0.1, 0.15) is 89.1 Å². The average molecular weight is 714 g/mol. The first-order valence-corrected chi connectivity index (χ1v) is 20.2. The van der Waals surface area contributed by atoms with Gasteiger partial charge in [-0.1, -0.05) is 141 Å². The molecule has 0 fully saturated rings. The summed E-state index contributed by atoms with van der Waals surface area (Å²) in [7, 11) is 0. The Morgan fingerprint density at radius 1 is 0.596 bits per heavy atom. The zero-order chi connectivity index (χ0) is 33.1. The molecule has 0 aromatic heterocycles. The van der Waals surface area contributed by atoms with Crippen LogP contribution >= 0.6 is 0 Å². The maximum absolute atomic E-state index is 3.06. The summed E-state index contributed by atoms with van der Waals surface area (Å²) in [6.07, 6.45) is 0. The number of hydrogen-bond acceptors (Lipinski definition) is 0. The molecule has 47 heavy (non-hydrogen) atoms. The molecule has 0 aliphatic carbocycles. The normalized spacial score (nSPS) is 11.2. The molecule has 0 saturated carbocycles. The Labute approximate surface area is 304 Å². The summed E-state index contributed by atoms with van der Waals surface area (Å²) in [6.45, 7) is 25.5. The summed E-state index contributed by atoms with van der Waals surface area (Å²) in [6, 6.07) is 38.5. The second kappa shape index (κ2) is 16.5. The summed E-state index contributed by atoms with van der Waals surface area (Å²) in [4.78, 5) is 0. The van der Waals surface area contributed by atoms with Crippen LogP contribution in [0.15, 0.2) is 103 Å². The molecule has 0 amide bonds. The number of benzene rings is 4. The third-order valence-corrected chi connectivity index (χ3v) is 8.81. The molecule has 0 N–H and O–H groups in total. The van der Waals surface area contributed by atoms with E-state index in [1.807, 2.05) is 0 Å². The van der Waals surface area contributed by atoms with Crippen molar-refractivity contribution in [3.05, 3.63) is 146 Å². The predicted octanol–water partition coefficient (Wildman–Crippen LogP) is 13.3. The fraction of sp³-hybridized carbons (Fsp3) is 0.289. The van der Waals surface area contributed by atoms with E-state index < -0.39 is 0 Å². The molecule has 0 bridgehead atoms. The van der Waals surface area contributed by atoms with Gasteiger partial charge in [0.2, 0.25) is 0 Å². The Morgan fingerprint density at radius 2 is 1.09 bits per heavy atom. The van der Waals surface area contributed by atoms with Crippen LogP contribution < -0.4 is 0 Å². The molecule has 2 heteroatoms. The van der Waals surface area contributed by atoms with Crippen molar-refractivity contribution in [1.82, 2.24) is 0 Å². The standard InChI is InChI=1S/C22H25.C21H23.2CH3.Si.Zr/c1-15(2)18-13-17-7-6-8-20(21(17)14-18)16-9-11-19(12-10-16)22(3,4)5;1-14-12-19-15(2)6-11-18(20(19)13-14)16-7-9-17(10-8-16)21(3,4)5;;;;/h6-15H,1-5H3;6-13H,1-5H3;2*1H3;;/q4*-1;;. The van der Waals surface area contributed by atoms with Crippen LogP contribution in [-0.4, -0.2) is 6.88 Å².